The number of amides is 2. The van der Waals surface area contributed by atoms with Crippen molar-refractivity contribution in [1.82, 2.24) is 4.90 Å². The van der Waals surface area contributed by atoms with Crippen LogP contribution in [-0.4, -0.2) is 47.4 Å². The van der Waals surface area contributed by atoms with Gasteiger partial charge in [-0.15, -0.1) is 0 Å². The number of imide groups is 1. The highest BCUT2D eigenvalue weighted by Crippen LogP contribution is 2.37. The maximum absolute atomic E-state index is 12.4. The van der Waals surface area contributed by atoms with Gasteiger partial charge in [0.2, 0.25) is 0 Å². The molecule has 1 aromatic carbocycles. The number of aromatic hydroxyl groups is 1. The smallest absolute Gasteiger partial charge is 0.328 e. The predicted molar refractivity (Wildman–Crippen MR) is 96.7 cm³/mol. The van der Waals surface area contributed by atoms with Crippen LogP contribution in [0.5, 0.6) is 11.5 Å². The van der Waals surface area contributed by atoms with Crippen LogP contribution in [0.3, 0.4) is 0 Å². The fraction of sp³-hybridized carbons (Fsp3) is 0.267. The Morgan fingerprint density at radius 2 is 2.04 bits per heavy atom. The summed E-state index contributed by atoms with van der Waals surface area (Å²) in [6.45, 7) is 1.43. The van der Waals surface area contributed by atoms with E-state index in [1.54, 1.807) is 12.1 Å². The van der Waals surface area contributed by atoms with Crippen molar-refractivity contribution < 1.29 is 29.0 Å². The molecule has 1 aromatic rings. The summed E-state index contributed by atoms with van der Waals surface area (Å²) in [7, 11) is 2.61. The van der Waals surface area contributed by atoms with E-state index in [1.165, 1.54) is 27.2 Å². The third kappa shape index (κ3) is 3.51. The fourth-order valence-electron chi connectivity index (χ4n) is 2.07. The number of phenols is 1. The highest BCUT2D eigenvalue weighted by atomic mass is 127. The summed E-state index contributed by atoms with van der Waals surface area (Å²) in [5.74, 6) is -0.970. The lowest BCUT2D eigenvalue weighted by Gasteiger charge is -2.18. The van der Waals surface area contributed by atoms with Crippen molar-refractivity contribution in [3.8, 4) is 11.5 Å². The van der Waals surface area contributed by atoms with Gasteiger partial charge in [0.1, 0.15) is 6.04 Å². The second-order valence-corrected chi connectivity index (χ2v) is 6.96. The van der Waals surface area contributed by atoms with Gasteiger partial charge in [0.15, 0.2) is 11.5 Å². The van der Waals surface area contributed by atoms with E-state index in [1.807, 2.05) is 22.6 Å². The Labute approximate surface area is 156 Å². The summed E-state index contributed by atoms with van der Waals surface area (Å²) in [6.07, 6.45) is 1.51. The van der Waals surface area contributed by atoms with Gasteiger partial charge in [-0.3, -0.25) is 14.5 Å². The number of thioether (sulfide) groups is 1. The number of nitrogens with zero attached hydrogens (tertiary/aromatic N) is 1. The van der Waals surface area contributed by atoms with E-state index in [4.69, 9.17) is 4.74 Å². The average molecular weight is 463 g/mol. The summed E-state index contributed by atoms with van der Waals surface area (Å²) in [5.41, 5.74) is 0.588. The van der Waals surface area contributed by atoms with Gasteiger partial charge in [-0.1, -0.05) is 0 Å². The van der Waals surface area contributed by atoms with E-state index < -0.39 is 23.2 Å². The van der Waals surface area contributed by atoms with Gasteiger partial charge in [-0.2, -0.15) is 0 Å². The Hall–Kier alpha value is -1.75. The molecule has 1 heterocycles. The van der Waals surface area contributed by atoms with Crippen LogP contribution in [-0.2, 0) is 14.3 Å². The lowest BCUT2D eigenvalue weighted by atomic mass is 10.2. The zero-order chi connectivity index (χ0) is 18.0. The molecule has 1 fully saturated rings. The Balaban J connectivity index is 2.36. The standard InChI is InChI=1S/C15H14INO6S/c1-7(14(20)23-3)17-13(19)11(24-15(17)21)6-8-4-9(16)12(18)10(5-8)22-2/h4-7,18H,1-3H3/b11-6-/t7-/m1/s1. The van der Waals surface area contributed by atoms with Gasteiger partial charge in [0.25, 0.3) is 11.1 Å². The molecular formula is C15H14INO6S. The van der Waals surface area contributed by atoms with Gasteiger partial charge in [-0.25, -0.2) is 4.79 Å². The Morgan fingerprint density at radius 1 is 1.38 bits per heavy atom. The maximum Gasteiger partial charge on any atom is 0.328 e. The predicted octanol–water partition coefficient (Wildman–Crippen LogP) is 2.60. The number of hydrogen-bond acceptors (Lipinski definition) is 7. The third-order valence-electron chi connectivity index (χ3n) is 3.32. The summed E-state index contributed by atoms with van der Waals surface area (Å²) in [5, 5.41) is 9.30. The lowest BCUT2D eigenvalue weighted by Crippen LogP contribution is -2.42. The van der Waals surface area contributed by atoms with Crippen LogP contribution < -0.4 is 4.74 Å². The number of rotatable bonds is 4. The molecule has 0 radical (unpaired) electrons. The number of carbonyl (C=O) groups excluding carboxylic acids is 3. The molecule has 128 valence electrons. The van der Waals surface area contributed by atoms with Crippen molar-refractivity contribution >= 4 is 57.5 Å². The van der Waals surface area contributed by atoms with Crippen molar-refractivity contribution in [1.29, 1.82) is 0 Å². The van der Waals surface area contributed by atoms with Crippen molar-refractivity contribution in [3.63, 3.8) is 0 Å². The topological polar surface area (TPSA) is 93.1 Å². The molecule has 9 heteroatoms. The minimum Gasteiger partial charge on any atom is -0.504 e. The highest BCUT2D eigenvalue weighted by molar-refractivity contribution is 14.1. The van der Waals surface area contributed by atoms with E-state index in [-0.39, 0.29) is 16.4 Å². The van der Waals surface area contributed by atoms with Crippen molar-refractivity contribution in [2.75, 3.05) is 14.2 Å². The van der Waals surface area contributed by atoms with Crippen LogP contribution in [0.15, 0.2) is 17.0 Å². The number of carbonyl (C=O) groups is 3. The SMILES string of the molecule is COC(=O)[C@@H](C)N1C(=O)S/C(=C\c2cc(I)c(O)c(OC)c2)C1=O. The number of phenolic OH excluding ortho intramolecular Hbond substituents is 1. The van der Waals surface area contributed by atoms with Gasteiger partial charge in [-0.05, 0) is 65.0 Å². The zero-order valence-electron chi connectivity index (χ0n) is 13.0. The molecule has 1 aliphatic heterocycles. The number of hydrogen-bond donors (Lipinski definition) is 1. The first-order valence-corrected chi connectivity index (χ1v) is 8.61. The number of ether oxygens (including phenoxy) is 2. The Bertz CT molecular complexity index is 748. The van der Waals surface area contributed by atoms with Crippen molar-refractivity contribution in [2.45, 2.75) is 13.0 Å². The number of methoxy groups -OCH3 is 2. The molecule has 7 nitrogen and oxygen atoms in total. The number of esters is 1. The monoisotopic (exact) mass is 463 g/mol. The molecule has 0 unspecified atom stereocenters. The van der Waals surface area contributed by atoms with Crippen LogP contribution >= 0.6 is 34.4 Å². The molecule has 0 saturated carbocycles. The van der Waals surface area contributed by atoms with Crippen LogP contribution in [0.4, 0.5) is 4.79 Å². The molecule has 1 atom stereocenters. The summed E-state index contributed by atoms with van der Waals surface area (Å²) >= 11 is 2.67. The largest absolute Gasteiger partial charge is 0.504 e. The minimum atomic E-state index is -0.997. The highest BCUT2D eigenvalue weighted by Gasteiger charge is 2.41. The van der Waals surface area contributed by atoms with Crippen LogP contribution in [0.25, 0.3) is 6.08 Å². The van der Waals surface area contributed by atoms with Crippen LogP contribution in [0, 0.1) is 3.57 Å². The molecule has 0 aromatic heterocycles. The molecule has 0 aliphatic carbocycles. The number of halogens is 1. The fourth-order valence-corrected chi connectivity index (χ4v) is 3.61. The third-order valence-corrected chi connectivity index (χ3v) is 5.03. The lowest BCUT2D eigenvalue weighted by molar-refractivity contribution is -0.148. The molecular weight excluding hydrogens is 449 g/mol. The van der Waals surface area contributed by atoms with Crippen LogP contribution in [0.1, 0.15) is 12.5 Å². The molecule has 1 aliphatic rings. The molecule has 1 N–H and O–H groups in total. The van der Waals surface area contributed by atoms with Crippen LogP contribution in [0.2, 0.25) is 0 Å². The second kappa shape index (κ2) is 7.43. The molecule has 0 spiro atoms. The van der Waals surface area contributed by atoms with E-state index in [0.29, 0.717) is 9.13 Å². The normalized spacial score (nSPS) is 17.3. The molecule has 2 amide bonds. The first-order chi connectivity index (χ1) is 11.3. The van der Waals surface area contributed by atoms with E-state index in [9.17, 15) is 19.5 Å². The molecule has 2 rings (SSSR count). The van der Waals surface area contributed by atoms with Crippen molar-refractivity contribution in [3.05, 3.63) is 26.2 Å². The van der Waals surface area contributed by atoms with E-state index in [2.05, 4.69) is 4.74 Å². The Kier molecular flexibility index (Phi) is 5.75. The van der Waals surface area contributed by atoms with Gasteiger partial charge >= 0.3 is 5.97 Å². The quantitative estimate of drug-likeness (QED) is 0.417. The van der Waals surface area contributed by atoms with Crippen molar-refractivity contribution in [2.24, 2.45) is 0 Å². The van der Waals surface area contributed by atoms with Gasteiger partial charge in [0, 0.05) is 0 Å². The first-order valence-electron chi connectivity index (χ1n) is 6.71. The zero-order valence-corrected chi connectivity index (χ0v) is 16.0. The summed E-state index contributed by atoms with van der Waals surface area (Å²) < 4.78 is 10.2. The maximum atomic E-state index is 12.4. The average Bonchev–Trinajstić information content (AvgIpc) is 2.83. The van der Waals surface area contributed by atoms with Gasteiger partial charge < -0.3 is 14.6 Å². The minimum absolute atomic E-state index is 0.00247. The molecule has 1 saturated heterocycles. The Morgan fingerprint density at radius 3 is 2.62 bits per heavy atom. The summed E-state index contributed by atoms with van der Waals surface area (Å²) in [6, 6.07) is 2.20. The second-order valence-electron chi connectivity index (χ2n) is 4.80. The van der Waals surface area contributed by atoms with E-state index in [0.717, 1.165) is 16.7 Å². The van der Waals surface area contributed by atoms with Gasteiger partial charge in [0.05, 0.1) is 22.7 Å². The first kappa shape index (κ1) is 18.6. The van der Waals surface area contributed by atoms with E-state index >= 15 is 0 Å². The summed E-state index contributed by atoms with van der Waals surface area (Å²) in [4.78, 5) is 37.1. The molecule has 24 heavy (non-hydrogen) atoms. The molecule has 0 bridgehead atoms. The number of benzene rings is 1.